The van der Waals surface area contributed by atoms with Crippen LogP contribution in [-0.2, 0) is 14.3 Å². The number of amides is 2. The topological polar surface area (TPSA) is 78.9 Å². The van der Waals surface area contributed by atoms with E-state index in [-0.39, 0.29) is 24.3 Å². The first-order chi connectivity index (χ1) is 10.6. The van der Waals surface area contributed by atoms with Crippen LogP contribution in [0.2, 0.25) is 0 Å². The molecule has 0 radical (unpaired) electrons. The number of ether oxygens (including phenoxy) is 1. The third-order valence-corrected chi connectivity index (χ3v) is 4.24. The monoisotopic (exact) mass is 304 g/mol. The molecule has 2 unspecified atom stereocenters. The van der Waals surface area contributed by atoms with Gasteiger partial charge in [0, 0.05) is 18.7 Å². The Bertz CT molecular complexity index is 568. The zero-order chi connectivity index (χ0) is 15.7. The quantitative estimate of drug-likeness (QED) is 0.867. The Morgan fingerprint density at radius 2 is 2.05 bits per heavy atom. The van der Waals surface area contributed by atoms with Crippen LogP contribution in [0.15, 0.2) is 24.3 Å². The van der Waals surface area contributed by atoms with Crippen LogP contribution in [0.25, 0.3) is 0 Å². The van der Waals surface area contributed by atoms with Gasteiger partial charge in [0.2, 0.25) is 11.8 Å². The lowest BCUT2D eigenvalue weighted by molar-refractivity contribution is -0.151. The highest BCUT2D eigenvalue weighted by atomic mass is 16.5. The number of benzene rings is 1. The number of nitrogens with one attached hydrogen (secondary N) is 1. The molecule has 1 aliphatic carbocycles. The highest BCUT2D eigenvalue weighted by Crippen LogP contribution is 2.30. The summed E-state index contributed by atoms with van der Waals surface area (Å²) in [6.07, 6.45) is 1.11. The molecular formula is C16H20N2O4. The lowest BCUT2D eigenvalue weighted by atomic mass is 10.0. The van der Waals surface area contributed by atoms with Crippen LogP contribution in [-0.4, -0.2) is 48.1 Å². The van der Waals surface area contributed by atoms with Gasteiger partial charge in [0.05, 0.1) is 12.6 Å². The fourth-order valence-corrected chi connectivity index (χ4v) is 2.54. The summed E-state index contributed by atoms with van der Waals surface area (Å²) in [6.45, 7) is 0.370. The summed E-state index contributed by atoms with van der Waals surface area (Å²) in [5.74, 6) is 0.0762. The van der Waals surface area contributed by atoms with Crippen LogP contribution in [0.3, 0.4) is 0 Å². The van der Waals surface area contributed by atoms with E-state index in [4.69, 9.17) is 4.74 Å². The molecule has 1 aromatic carbocycles. The molecule has 2 fully saturated rings. The summed E-state index contributed by atoms with van der Waals surface area (Å²) < 4.78 is 5.21. The molecule has 3 rings (SSSR count). The second-order valence-electron chi connectivity index (χ2n) is 5.92. The van der Waals surface area contributed by atoms with Crippen molar-refractivity contribution in [2.24, 2.45) is 5.92 Å². The van der Waals surface area contributed by atoms with Gasteiger partial charge in [-0.1, -0.05) is 12.1 Å². The number of rotatable bonds is 4. The van der Waals surface area contributed by atoms with E-state index in [2.05, 4.69) is 5.32 Å². The van der Waals surface area contributed by atoms with Gasteiger partial charge in [-0.25, -0.2) is 0 Å². The standard InChI is InChI=1S/C16H20N2O4/c1-18-13(8-22-9-14(18)19)15(20)10-4-6-12(7-5-10)17-16(21)11-2-3-11/h4-7,11,13,15,20H,2-3,8-9H2,1H3,(H,17,21). The highest BCUT2D eigenvalue weighted by Gasteiger charge is 2.32. The molecule has 1 heterocycles. The minimum absolute atomic E-state index is 0.0549. The average molecular weight is 304 g/mol. The third-order valence-electron chi connectivity index (χ3n) is 4.24. The van der Waals surface area contributed by atoms with Crippen molar-refractivity contribution in [3.05, 3.63) is 29.8 Å². The van der Waals surface area contributed by atoms with Gasteiger partial charge in [0.1, 0.15) is 12.7 Å². The molecule has 2 atom stereocenters. The normalized spacial score (nSPS) is 23.3. The summed E-state index contributed by atoms with van der Waals surface area (Å²) in [7, 11) is 1.67. The molecule has 1 aliphatic heterocycles. The van der Waals surface area contributed by atoms with Crippen LogP contribution in [0.4, 0.5) is 5.69 Å². The number of aliphatic hydroxyl groups excluding tert-OH is 1. The molecule has 2 amide bonds. The first kappa shape index (κ1) is 15.0. The Morgan fingerprint density at radius 1 is 1.36 bits per heavy atom. The minimum atomic E-state index is -0.817. The van der Waals surface area contributed by atoms with Crippen molar-refractivity contribution in [2.75, 3.05) is 25.6 Å². The van der Waals surface area contributed by atoms with E-state index in [0.717, 1.165) is 18.5 Å². The Kier molecular flexibility index (Phi) is 4.13. The summed E-state index contributed by atoms with van der Waals surface area (Å²) in [5.41, 5.74) is 1.41. The van der Waals surface area contributed by atoms with Gasteiger partial charge >= 0.3 is 0 Å². The van der Waals surface area contributed by atoms with Gasteiger partial charge < -0.3 is 20.1 Å². The van der Waals surface area contributed by atoms with Crippen molar-refractivity contribution < 1.29 is 19.4 Å². The number of hydrogen-bond donors (Lipinski definition) is 2. The summed E-state index contributed by atoms with van der Waals surface area (Å²) in [4.78, 5) is 24.9. The Hall–Kier alpha value is -1.92. The molecular weight excluding hydrogens is 284 g/mol. The van der Waals surface area contributed by atoms with E-state index in [9.17, 15) is 14.7 Å². The SMILES string of the molecule is CN1C(=O)COCC1C(O)c1ccc(NC(=O)C2CC2)cc1. The largest absolute Gasteiger partial charge is 0.386 e. The van der Waals surface area contributed by atoms with Crippen molar-refractivity contribution in [3.63, 3.8) is 0 Å². The van der Waals surface area contributed by atoms with E-state index in [1.165, 1.54) is 4.90 Å². The third kappa shape index (κ3) is 3.13. The van der Waals surface area contributed by atoms with Gasteiger partial charge in [0.15, 0.2) is 0 Å². The second kappa shape index (κ2) is 6.06. The summed E-state index contributed by atoms with van der Waals surface area (Å²) in [6, 6.07) is 6.67. The van der Waals surface area contributed by atoms with Crippen molar-refractivity contribution in [2.45, 2.75) is 25.0 Å². The van der Waals surface area contributed by atoms with Crippen LogP contribution >= 0.6 is 0 Å². The Labute approximate surface area is 129 Å². The van der Waals surface area contributed by atoms with E-state index >= 15 is 0 Å². The Balaban J connectivity index is 1.66. The summed E-state index contributed by atoms with van der Waals surface area (Å²) >= 11 is 0. The molecule has 1 saturated heterocycles. The lowest BCUT2D eigenvalue weighted by Gasteiger charge is -2.35. The van der Waals surface area contributed by atoms with E-state index in [1.807, 2.05) is 0 Å². The number of carbonyl (C=O) groups excluding carboxylic acids is 2. The molecule has 6 heteroatoms. The van der Waals surface area contributed by atoms with E-state index in [1.54, 1.807) is 31.3 Å². The predicted molar refractivity (Wildman–Crippen MR) is 80.1 cm³/mol. The zero-order valence-electron chi connectivity index (χ0n) is 12.5. The number of carbonyl (C=O) groups is 2. The van der Waals surface area contributed by atoms with Crippen molar-refractivity contribution in [1.29, 1.82) is 0 Å². The molecule has 2 aliphatic rings. The first-order valence-electron chi connectivity index (χ1n) is 7.48. The van der Waals surface area contributed by atoms with Crippen LogP contribution in [0, 0.1) is 5.92 Å². The first-order valence-corrected chi connectivity index (χ1v) is 7.48. The maximum absolute atomic E-state index is 11.7. The van der Waals surface area contributed by atoms with Gasteiger partial charge in [-0.3, -0.25) is 9.59 Å². The van der Waals surface area contributed by atoms with Gasteiger partial charge in [0.25, 0.3) is 0 Å². The molecule has 0 aromatic heterocycles. The fraction of sp³-hybridized carbons (Fsp3) is 0.500. The van der Waals surface area contributed by atoms with Gasteiger partial charge in [-0.15, -0.1) is 0 Å². The average Bonchev–Trinajstić information content (AvgIpc) is 3.35. The highest BCUT2D eigenvalue weighted by molar-refractivity contribution is 5.94. The molecule has 0 bridgehead atoms. The number of hydrogen-bond acceptors (Lipinski definition) is 4. The van der Waals surface area contributed by atoms with Gasteiger partial charge in [-0.05, 0) is 30.5 Å². The molecule has 1 aromatic rings. The number of aliphatic hydroxyl groups is 1. The van der Waals surface area contributed by atoms with Crippen LogP contribution in [0.1, 0.15) is 24.5 Å². The number of nitrogens with zero attached hydrogens (tertiary/aromatic N) is 1. The minimum Gasteiger partial charge on any atom is -0.386 e. The molecule has 0 spiro atoms. The van der Waals surface area contributed by atoms with Gasteiger partial charge in [-0.2, -0.15) is 0 Å². The van der Waals surface area contributed by atoms with Crippen molar-refractivity contribution >= 4 is 17.5 Å². The molecule has 2 N–H and O–H groups in total. The molecule has 22 heavy (non-hydrogen) atoms. The smallest absolute Gasteiger partial charge is 0.248 e. The number of likely N-dealkylation sites (N-methyl/N-ethyl adjacent to an activating group) is 1. The maximum Gasteiger partial charge on any atom is 0.248 e. The Morgan fingerprint density at radius 3 is 2.68 bits per heavy atom. The predicted octanol–water partition coefficient (Wildman–Crippen LogP) is 0.926. The molecule has 118 valence electrons. The zero-order valence-corrected chi connectivity index (χ0v) is 12.5. The number of anilines is 1. The fourth-order valence-electron chi connectivity index (χ4n) is 2.54. The van der Waals surface area contributed by atoms with E-state index in [0.29, 0.717) is 12.2 Å². The van der Waals surface area contributed by atoms with Crippen LogP contribution < -0.4 is 5.32 Å². The number of morpholine rings is 1. The van der Waals surface area contributed by atoms with E-state index < -0.39 is 12.1 Å². The van der Waals surface area contributed by atoms with Crippen LogP contribution in [0.5, 0.6) is 0 Å². The lowest BCUT2D eigenvalue weighted by Crippen LogP contribution is -2.49. The second-order valence-corrected chi connectivity index (χ2v) is 5.92. The summed E-state index contributed by atoms with van der Waals surface area (Å²) in [5, 5.41) is 13.3. The molecule has 1 saturated carbocycles. The maximum atomic E-state index is 11.7. The van der Waals surface area contributed by atoms with Crippen molar-refractivity contribution in [3.8, 4) is 0 Å². The molecule has 6 nitrogen and oxygen atoms in total. The van der Waals surface area contributed by atoms with Crippen molar-refractivity contribution in [1.82, 2.24) is 4.90 Å².